The van der Waals surface area contributed by atoms with Gasteiger partial charge in [0, 0.05) is 0 Å². The minimum Gasteiger partial charge on any atom is -0.0622 e. The van der Waals surface area contributed by atoms with Crippen LogP contribution in [0.25, 0.3) is 99.1 Å². The number of hydrogen-bond acceptors (Lipinski definition) is 0. The Hall–Kier alpha value is -7.02. The minimum absolute atomic E-state index is 0.0300. The predicted octanol–water partition coefficient (Wildman–Crippen LogP) is 19.3. The molecular formula is C67H62. The zero-order chi connectivity index (χ0) is 46.8. The maximum Gasteiger partial charge on any atom is -0.000764 e. The summed E-state index contributed by atoms with van der Waals surface area (Å²) in [7, 11) is 0. The van der Waals surface area contributed by atoms with E-state index in [4.69, 9.17) is 0 Å². The van der Waals surface area contributed by atoms with E-state index in [1.807, 2.05) is 0 Å². The van der Waals surface area contributed by atoms with Crippen LogP contribution in [0.3, 0.4) is 0 Å². The summed E-state index contributed by atoms with van der Waals surface area (Å²) in [5.41, 5.74) is 20.0. The van der Waals surface area contributed by atoms with Crippen LogP contribution >= 0.6 is 0 Å². The molecule has 0 saturated heterocycles. The zero-order valence-electron chi connectivity index (χ0n) is 41.0. The first kappa shape index (κ1) is 43.9. The largest absolute Gasteiger partial charge is 0.0622 e. The molecule has 0 radical (unpaired) electrons. The topological polar surface area (TPSA) is 0 Å². The van der Waals surface area contributed by atoms with E-state index in [1.54, 1.807) is 0 Å². The molecule has 67 heavy (non-hydrogen) atoms. The van der Waals surface area contributed by atoms with Crippen molar-refractivity contribution in [1.82, 2.24) is 0 Å². The predicted molar refractivity (Wildman–Crippen MR) is 292 cm³/mol. The standard InChI is InChI=1S/C67H62/c1-43-21-38-55-58(39-43)61(49-26-22-46(23-27-49)44-17-13-11-14-18-44)60-42-57-56(48-30-34-52(35-31-48)65(2,3)4)40-54(67(8,9)10)41-59(57)63(50-28-24-47(25-29-50)45-19-15-12-16-20-45)64(60)62(55)51-32-36-53(37-33-51)66(5,6)7/h11-42H,1-10H3. The summed E-state index contributed by atoms with van der Waals surface area (Å²) in [6.45, 7) is 23.1. The van der Waals surface area contributed by atoms with Gasteiger partial charge in [-0.3, -0.25) is 0 Å². The van der Waals surface area contributed by atoms with Gasteiger partial charge in [0.2, 0.25) is 0 Å². The van der Waals surface area contributed by atoms with Gasteiger partial charge >= 0.3 is 0 Å². The second-order valence-electron chi connectivity index (χ2n) is 21.9. The number of benzene rings is 10. The highest BCUT2D eigenvalue weighted by Gasteiger charge is 2.26. The molecule has 0 amide bonds. The maximum absolute atomic E-state index is 2.56. The summed E-state index contributed by atoms with van der Waals surface area (Å²) in [5, 5.41) is 7.59. The van der Waals surface area contributed by atoms with Crippen LogP contribution < -0.4 is 0 Å². The van der Waals surface area contributed by atoms with Crippen LogP contribution in [-0.2, 0) is 16.2 Å². The molecule has 10 aromatic carbocycles. The molecule has 0 nitrogen and oxygen atoms in total. The summed E-state index contributed by atoms with van der Waals surface area (Å²) >= 11 is 0. The summed E-state index contributed by atoms with van der Waals surface area (Å²) in [6, 6.07) is 73.7. The summed E-state index contributed by atoms with van der Waals surface area (Å²) < 4.78 is 0. The number of rotatable bonds is 6. The lowest BCUT2D eigenvalue weighted by atomic mass is 9.77. The van der Waals surface area contributed by atoms with Crippen molar-refractivity contribution in [2.45, 2.75) is 85.5 Å². The van der Waals surface area contributed by atoms with Crippen LogP contribution in [0.5, 0.6) is 0 Å². The summed E-state index contributed by atoms with van der Waals surface area (Å²) in [5.74, 6) is 0. The molecule has 0 aliphatic carbocycles. The van der Waals surface area contributed by atoms with E-state index >= 15 is 0 Å². The Bertz CT molecular complexity index is 3420. The van der Waals surface area contributed by atoms with Gasteiger partial charge in [-0.05, 0) is 157 Å². The Morgan fingerprint density at radius 3 is 1.12 bits per heavy atom. The molecule has 0 fully saturated rings. The molecule has 0 unspecified atom stereocenters. The Balaban J connectivity index is 1.41. The van der Waals surface area contributed by atoms with Gasteiger partial charge in [0.25, 0.3) is 0 Å². The van der Waals surface area contributed by atoms with Crippen LogP contribution in [0.2, 0.25) is 0 Å². The average Bonchev–Trinajstić information content (AvgIpc) is 3.32. The van der Waals surface area contributed by atoms with Crippen molar-refractivity contribution in [2.24, 2.45) is 0 Å². The third-order valence-electron chi connectivity index (χ3n) is 14.0. The Kier molecular flexibility index (Phi) is 10.9. The normalized spacial score (nSPS) is 12.3. The molecule has 0 aliphatic heterocycles. The molecule has 0 N–H and O–H groups in total. The second-order valence-corrected chi connectivity index (χ2v) is 21.9. The summed E-state index contributed by atoms with van der Waals surface area (Å²) in [4.78, 5) is 0. The molecule has 0 bridgehead atoms. The van der Waals surface area contributed by atoms with E-state index in [9.17, 15) is 0 Å². The van der Waals surface area contributed by atoms with Gasteiger partial charge in [-0.1, -0.05) is 244 Å². The molecule has 0 atom stereocenters. The first-order valence-electron chi connectivity index (χ1n) is 24.1. The van der Waals surface area contributed by atoms with Gasteiger partial charge in [0.1, 0.15) is 0 Å². The molecule has 0 heterocycles. The monoisotopic (exact) mass is 866 g/mol. The molecule has 10 aromatic rings. The minimum atomic E-state index is -0.101. The van der Waals surface area contributed by atoms with Crippen LogP contribution in [0.1, 0.15) is 84.6 Å². The highest BCUT2D eigenvalue weighted by atomic mass is 14.3. The van der Waals surface area contributed by atoms with Gasteiger partial charge in [-0.15, -0.1) is 0 Å². The lowest BCUT2D eigenvalue weighted by Crippen LogP contribution is -2.12. The number of hydrogen-bond donors (Lipinski definition) is 0. The van der Waals surface area contributed by atoms with Crippen molar-refractivity contribution >= 4 is 32.3 Å². The van der Waals surface area contributed by atoms with Crippen LogP contribution in [0, 0.1) is 6.92 Å². The SMILES string of the molecule is Cc1ccc2c(-c3ccc(C(C)(C)C)cc3)c3c(-c4ccc(-c5ccccc5)cc4)c4cc(C(C)(C)C)cc(-c5ccc(C(C)(C)C)cc5)c4cc3c(-c3ccc(-c4ccccc4)cc3)c2c1. The van der Waals surface area contributed by atoms with Crippen LogP contribution in [0.4, 0.5) is 0 Å². The smallest absolute Gasteiger partial charge is 0.000764 e. The quantitative estimate of drug-likeness (QED) is 0.146. The average molecular weight is 867 g/mol. The third-order valence-corrected chi connectivity index (χ3v) is 14.0. The lowest BCUT2D eigenvalue weighted by Gasteiger charge is -2.26. The Morgan fingerprint density at radius 2 is 0.642 bits per heavy atom. The van der Waals surface area contributed by atoms with Crippen LogP contribution in [0.15, 0.2) is 194 Å². The van der Waals surface area contributed by atoms with Crippen molar-refractivity contribution in [2.75, 3.05) is 0 Å². The summed E-state index contributed by atoms with van der Waals surface area (Å²) in [6.07, 6.45) is 0. The fourth-order valence-corrected chi connectivity index (χ4v) is 10.1. The van der Waals surface area contributed by atoms with E-state index in [1.165, 1.54) is 121 Å². The first-order valence-corrected chi connectivity index (χ1v) is 24.1. The fourth-order valence-electron chi connectivity index (χ4n) is 10.1. The van der Waals surface area contributed by atoms with E-state index in [2.05, 4.69) is 263 Å². The van der Waals surface area contributed by atoms with Crippen molar-refractivity contribution in [1.29, 1.82) is 0 Å². The van der Waals surface area contributed by atoms with Crippen LogP contribution in [-0.4, -0.2) is 0 Å². The number of aryl methyl sites for hydroxylation is 1. The molecule has 330 valence electrons. The first-order chi connectivity index (χ1) is 32.0. The van der Waals surface area contributed by atoms with Gasteiger partial charge in [0.05, 0.1) is 0 Å². The highest BCUT2D eigenvalue weighted by Crippen LogP contribution is 2.52. The second kappa shape index (κ2) is 16.7. The van der Waals surface area contributed by atoms with Gasteiger partial charge in [-0.25, -0.2) is 0 Å². The van der Waals surface area contributed by atoms with Crippen molar-refractivity contribution in [3.8, 4) is 66.8 Å². The van der Waals surface area contributed by atoms with Gasteiger partial charge in [-0.2, -0.15) is 0 Å². The van der Waals surface area contributed by atoms with Crippen molar-refractivity contribution < 1.29 is 0 Å². The van der Waals surface area contributed by atoms with E-state index in [0.717, 1.165) is 0 Å². The Labute approximate surface area is 399 Å². The fraction of sp³-hybridized carbons (Fsp3) is 0.194. The number of fused-ring (bicyclic) bond motifs is 3. The van der Waals surface area contributed by atoms with Crippen molar-refractivity contribution in [3.63, 3.8) is 0 Å². The molecule has 0 aromatic heterocycles. The lowest BCUT2D eigenvalue weighted by molar-refractivity contribution is 0.590. The zero-order valence-corrected chi connectivity index (χ0v) is 41.0. The van der Waals surface area contributed by atoms with Gasteiger partial charge < -0.3 is 0 Å². The molecule has 0 aliphatic rings. The van der Waals surface area contributed by atoms with Gasteiger partial charge in [0.15, 0.2) is 0 Å². The molecule has 0 heteroatoms. The molecular weight excluding hydrogens is 805 g/mol. The third kappa shape index (κ3) is 8.29. The van der Waals surface area contributed by atoms with E-state index < -0.39 is 0 Å². The van der Waals surface area contributed by atoms with E-state index in [-0.39, 0.29) is 16.2 Å². The molecule has 10 rings (SSSR count). The Morgan fingerprint density at radius 1 is 0.254 bits per heavy atom. The highest BCUT2D eigenvalue weighted by molar-refractivity contribution is 6.30. The molecule has 0 saturated carbocycles. The molecule has 0 spiro atoms. The maximum atomic E-state index is 2.56. The van der Waals surface area contributed by atoms with E-state index in [0.29, 0.717) is 0 Å². The van der Waals surface area contributed by atoms with Crippen molar-refractivity contribution in [3.05, 3.63) is 216 Å².